The topological polar surface area (TPSA) is 46.3 Å². The van der Waals surface area contributed by atoms with Crippen molar-refractivity contribution in [1.82, 2.24) is 19.4 Å². The Balaban J connectivity index is 1.44. The molecule has 0 spiro atoms. The van der Waals surface area contributed by atoms with Gasteiger partial charge in [-0.25, -0.2) is 15.0 Å². The summed E-state index contributed by atoms with van der Waals surface area (Å²) in [5, 5.41) is 1.03. The van der Waals surface area contributed by atoms with E-state index in [0.29, 0.717) is 0 Å². The van der Waals surface area contributed by atoms with Gasteiger partial charge >= 0.3 is 0 Å². The number of aromatic nitrogens is 4. The molecule has 0 bridgehead atoms. The van der Waals surface area contributed by atoms with Crippen molar-refractivity contribution in [3.63, 3.8) is 0 Å². The van der Waals surface area contributed by atoms with E-state index in [9.17, 15) is 0 Å². The highest BCUT2D eigenvalue weighted by Gasteiger charge is 2.14. The van der Waals surface area contributed by atoms with Crippen molar-refractivity contribution >= 4 is 28.1 Å². The fourth-order valence-corrected chi connectivity index (χ4v) is 4.41. The largest absolute Gasteiger partial charge is 0.326 e. The second kappa shape index (κ2) is 8.45. The number of fused-ring (bicyclic) bond motifs is 2. The minimum absolute atomic E-state index is 0.809. The van der Waals surface area contributed by atoms with E-state index in [2.05, 4.69) is 105 Å². The first-order valence-corrected chi connectivity index (χ1v) is 11.4. The lowest BCUT2D eigenvalue weighted by molar-refractivity contribution is 0.990. The van der Waals surface area contributed by atoms with Gasteiger partial charge in [-0.2, -0.15) is 0 Å². The number of benzene rings is 3. The maximum atomic E-state index is 4.79. The number of pyridine rings is 1. The fourth-order valence-electron chi connectivity index (χ4n) is 4.41. The number of hydrogen-bond acceptors (Lipinski definition) is 4. The van der Waals surface area contributed by atoms with Crippen molar-refractivity contribution in [2.45, 2.75) is 6.92 Å². The van der Waals surface area contributed by atoms with Gasteiger partial charge in [0.15, 0.2) is 0 Å². The van der Waals surface area contributed by atoms with Gasteiger partial charge < -0.3 is 9.30 Å². The molecule has 3 aromatic carbocycles. The van der Waals surface area contributed by atoms with Crippen LogP contribution in [0.15, 0.2) is 110 Å². The Morgan fingerprint density at radius 2 is 1.50 bits per heavy atom. The van der Waals surface area contributed by atoms with Crippen LogP contribution in [0.4, 0.5) is 11.5 Å². The van der Waals surface area contributed by atoms with Crippen molar-refractivity contribution < 1.29 is 0 Å². The summed E-state index contributed by atoms with van der Waals surface area (Å²) in [6.07, 6.45) is 5.86. The standard InChI is InChI=1S/C29H23N5/c1-2-34(24-11-7-4-8-12-24)29-25-17-22(13-15-26(25)30-20-31-29)23-14-16-28-32-27(19-33(28)18-23)21-9-5-3-6-10-21/h3-20H,2H2,1H3. The van der Waals surface area contributed by atoms with Gasteiger partial charge in [0, 0.05) is 35.6 Å². The first-order valence-electron chi connectivity index (χ1n) is 11.4. The molecule has 0 aliphatic rings. The third-order valence-corrected chi connectivity index (χ3v) is 6.11. The molecule has 164 valence electrons. The lowest BCUT2D eigenvalue weighted by Gasteiger charge is -2.23. The van der Waals surface area contributed by atoms with Crippen LogP contribution in [0.5, 0.6) is 0 Å². The molecule has 34 heavy (non-hydrogen) atoms. The van der Waals surface area contributed by atoms with Crippen LogP contribution in [0.2, 0.25) is 0 Å². The summed E-state index contributed by atoms with van der Waals surface area (Å²) < 4.78 is 2.09. The molecule has 6 aromatic rings. The van der Waals surface area contributed by atoms with E-state index in [-0.39, 0.29) is 0 Å². The number of rotatable bonds is 5. The second-order valence-corrected chi connectivity index (χ2v) is 8.18. The van der Waals surface area contributed by atoms with Crippen LogP contribution in [-0.4, -0.2) is 25.9 Å². The van der Waals surface area contributed by atoms with Gasteiger partial charge in [-0.05, 0) is 54.4 Å². The Kier molecular flexibility index (Phi) is 5.00. The van der Waals surface area contributed by atoms with Crippen LogP contribution in [0.3, 0.4) is 0 Å². The predicted octanol–water partition coefficient (Wildman–Crippen LogP) is 6.77. The molecule has 5 heteroatoms. The third kappa shape index (κ3) is 3.57. The molecular formula is C29H23N5. The monoisotopic (exact) mass is 441 g/mol. The zero-order valence-corrected chi connectivity index (χ0v) is 18.8. The molecule has 0 N–H and O–H groups in total. The zero-order chi connectivity index (χ0) is 22.9. The lowest BCUT2D eigenvalue weighted by atomic mass is 10.0. The van der Waals surface area contributed by atoms with Crippen molar-refractivity contribution in [2.24, 2.45) is 0 Å². The summed E-state index contributed by atoms with van der Waals surface area (Å²) in [6, 6.07) is 31.2. The Bertz CT molecular complexity index is 1590. The van der Waals surface area contributed by atoms with Crippen LogP contribution in [0, 0.1) is 0 Å². The first-order chi connectivity index (χ1) is 16.8. The minimum Gasteiger partial charge on any atom is -0.326 e. The van der Waals surface area contributed by atoms with Gasteiger partial charge in [-0.1, -0.05) is 54.6 Å². The molecule has 3 aromatic heterocycles. The van der Waals surface area contributed by atoms with E-state index < -0.39 is 0 Å². The Hall–Kier alpha value is -4.51. The van der Waals surface area contributed by atoms with Crippen molar-refractivity contribution in [3.8, 4) is 22.4 Å². The molecule has 0 aliphatic carbocycles. The summed E-state index contributed by atoms with van der Waals surface area (Å²) in [6.45, 7) is 2.95. The SMILES string of the molecule is CCN(c1ccccc1)c1ncnc2ccc(-c3ccc4nc(-c5ccccc5)cn4c3)cc12. The van der Waals surface area contributed by atoms with Crippen LogP contribution in [-0.2, 0) is 0 Å². The molecule has 3 heterocycles. The van der Waals surface area contributed by atoms with Gasteiger partial charge in [0.2, 0.25) is 0 Å². The molecule has 0 unspecified atom stereocenters. The Morgan fingerprint density at radius 3 is 2.29 bits per heavy atom. The summed E-state index contributed by atoms with van der Waals surface area (Å²) in [5.74, 6) is 0.913. The fraction of sp³-hybridized carbons (Fsp3) is 0.0690. The van der Waals surface area contributed by atoms with E-state index in [4.69, 9.17) is 4.98 Å². The van der Waals surface area contributed by atoms with E-state index in [1.807, 2.05) is 24.3 Å². The lowest BCUT2D eigenvalue weighted by Crippen LogP contribution is -2.17. The smallest absolute Gasteiger partial charge is 0.144 e. The van der Waals surface area contributed by atoms with Crippen LogP contribution in [0.25, 0.3) is 38.9 Å². The predicted molar refractivity (Wildman–Crippen MR) is 138 cm³/mol. The molecular weight excluding hydrogens is 418 g/mol. The van der Waals surface area contributed by atoms with Crippen LogP contribution in [0.1, 0.15) is 6.92 Å². The number of hydrogen-bond donors (Lipinski definition) is 0. The molecule has 6 rings (SSSR count). The second-order valence-electron chi connectivity index (χ2n) is 8.18. The highest BCUT2D eigenvalue weighted by molar-refractivity contribution is 5.94. The number of anilines is 2. The summed E-state index contributed by atoms with van der Waals surface area (Å²) >= 11 is 0. The molecule has 0 fully saturated rings. The Morgan fingerprint density at radius 1 is 0.735 bits per heavy atom. The molecule has 0 radical (unpaired) electrons. The average molecular weight is 442 g/mol. The van der Waals surface area contributed by atoms with Crippen molar-refractivity contribution in [1.29, 1.82) is 0 Å². The normalized spacial score (nSPS) is 11.2. The van der Waals surface area contributed by atoms with E-state index >= 15 is 0 Å². The van der Waals surface area contributed by atoms with E-state index in [1.165, 1.54) is 0 Å². The van der Waals surface area contributed by atoms with Gasteiger partial charge in [0.1, 0.15) is 17.8 Å². The average Bonchev–Trinajstić information content (AvgIpc) is 3.34. The molecule has 0 atom stereocenters. The molecule has 0 saturated heterocycles. The van der Waals surface area contributed by atoms with Crippen LogP contribution >= 0.6 is 0 Å². The number of para-hydroxylation sites is 1. The van der Waals surface area contributed by atoms with Gasteiger partial charge in [0.25, 0.3) is 0 Å². The minimum atomic E-state index is 0.809. The zero-order valence-electron chi connectivity index (χ0n) is 18.8. The molecule has 5 nitrogen and oxygen atoms in total. The van der Waals surface area contributed by atoms with E-state index in [1.54, 1.807) is 6.33 Å². The highest BCUT2D eigenvalue weighted by atomic mass is 15.2. The van der Waals surface area contributed by atoms with Gasteiger partial charge in [-0.3, -0.25) is 0 Å². The molecule has 0 amide bonds. The first kappa shape index (κ1) is 20.1. The van der Waals surface area contributed by atoms with Gasteiger partial charge in [0.05, 0.1) is 11.2 Å². The quantitative estimate of drug-likeness (QED) is 0.296. The van der Waals surface area contributed by atoms with E-state index in [0.717, 1.165) is 57.0 Å². The molecule has 0 aliphatic heterocycles. The highest BCUT2D eigenvalue weighted by Crippen LogP contribution is 2.32. The summed E-state index contributed by atoms with van der Waals surface area (Å²) in [7, 11) is 0. The summed E-state index contributed by atoms with van der Waals surface area (Å²) in [4.78, 5) is 16.2. The number of imidazole rings is 1. The number of nitrogens with zero attached hydrogens (tertiary/aromatic N) is 5. The molecule has 0 saturated carbocycles. The third-order valence-electron chi connectivity index (χ3n) is 6.11. The van der Waals surface area contributed by atoms with Crippen molar-refractivity contribution in [2.75, 3.05) is 11.4 Å². The van der Waals surface area contributed by atoms with Gasteiger partial charge in [-0.15, -0.1) is 0 Å². The maximum absolute atomic E-state index is 4.79. The summed E-state index contributed by atoms with van der Waals surface area (Å²) in [5.41, 5.74) is 7.28. The van der Waals surface area contributed by atoms with Crippen LogP contribution < -0.4 is 4.90 Å². The van der Waals surface area contributed by atoms with Crippen molar-refractivity contribution in [3.05, 3.63) is 110 Å². The maximum Gasteiger partial charge on any atom is 0.144 e. The Labute approximate surface area is 198 Å².